The van der Waals surface area contributed by atoms with E-state index in [1.54, 1.807) is 13.1 Å². The molecule has 5 nitrogen and oxygen atoms in total. The normalized spacial score (nSPS) is 14.8. The molecule has 0 saturated carbocycles. The summed E-state index contributed by atoms with van der Waals surface area (Å²) in [5.74, 6) is 0.570. The standard InChI is InChI=1S/C25H27N3O2/c1-18(25(29)26-16-15-19-7-3-2-4-8-19)30-21-13-11-20(12-14-21)24-17-27-22-9-5-6-10-23(22)28-24/h5-7,9-14,17-18H,2-4,8,15-16H2,1H3,(H,26,29)/t18-/m0/s1. The Labute approximate surface area is 177 Å². The van der Waals surface area contributed by atoms with Crippen molar-refractivity contribution in [2.45, 2.75) is 45.1 Å². The molecule has 1 aliphatic rings. The fourth-order valence-electron chi connectivity index (χ4n) is 3.68. The molecule has 0 unspecified atom stereocenters. The third-order valence-corrected chi connectivity index (χ3v) is 5.41. The minimum atomic E-state index is -0.545. The summed E-state index contributed by atoms with van der Waals surface area (Å²) in [6, 6.07) is 15.4. The number of nitrogens with zero attached hydrogens (tertiary/aromatic N) is 2. The third-order valence-electron chi connectivity index (χ3n) is 5.41. The lowest BCUT2D eigenvalue weighted by Crippen LogP contribution is -2.36. The van der Waals surface area contributed by atoms with Gasteiger partial charge in [0.25, 0.3) is 5.91 Å². The van der Waals surface area contributed by atoms with Crippen molar-refractivity contribution in [3.8, 4) is 17.0 Å². The second-order valence-corrected chi connectivity index (χ2v) is 7.68. The van der Waals surface area contributed by atoms with Gasteiger partial charge in [0, 0.05) is 12.1 Å². The van der Waals surface area contributed by atoms with Crippen LogP contribution in [0.15, 0.2) is 66.4 Å². The maximum Gasteiger partial charge on any atom is 0.260 e. The first kappa shape index (κ1) is 20.1. The zero-order chi connectivity index (χ0) is 20.8. The maximum atomic E-state index is 12.3. The number of hydrogen-bond acceptors (Lipinski definition) is 4. The molecule has 1 amide bonds. The molecule has 4 rings (SSSR count). The molecule has 154 valence electrons. The highest BCUT2D eigenvalue weighted by molar-refractivity contribution is 5.80. The third kappa shape index (κ3) is 5.03. The second kappa shape index (κ2) is 9.53. The predicted molar refractivity (Wildman–Crippen MR) is 119 cm³/mol. The van der Waals surface area contributed by atoms with Gasteiger partial charge in [-0.3, -0.25) is 9.78 Å². The number of rotatable bonds is 7. The summed E-state index contributed by atoms with van der Waals surface area (Å²) in [5, 5.41) is 2.98. The van der Waals surface area contributed by atoms with Crippen LogP contribution in [-0.4, -0.2) is 28.5 Å². The van der Waals surface area contributed by atoms with E-state index in [2.05, 4.69) is 21.4 Å². The van der Waals surface area contributed by atoms with Crippen LogP contribution in [0.25, 0.3) is 22.3 Å². The van der Waals surface area contributed by atoms with Gasteiger partial charge in [-0.15, -0.1) is 0 Å². The van der Waals surface area contributed by atoms with Crippen LogP contribution in [0.5, 0.6) is 5.75 Å². The molecule has 30 heavy (non-hydrogen) atoms. The number of amides is 1. The first-order valence-electron chi connectivity index (χ1n) is 10.6. The van der Waals surface area contributed by atoms with Crippen LogP contribution in [0.4, 0.5) is 0 Å². The maximum absolute atomic E-state index is 12.3. The monoisotopic (exact) mass is 401 g/mol. The zero-order valence-electron chi connectivity index (χ0n) is 17.3. The topological polar surface area (TPSA) is 64.1 Å². The van der Waals surface area contributed by atoms with Gasteiger partial charge in [0.2, 0.25) is 0 Å². The van der Waals surface area contributed by atoms with E-state index in [1.165, 1.54) is 24.8 Å². The molecule has 3 aromatic rings. The van der Waals surface area contributed by atoms with Crippen LogP contribution in [0.3, 0.4) is 0 Å². The molecule has 2 aromatic carbocycles. The minimum absolute atomic E-state index is 0.0871. The Hall–Kier alpha value is -3.21. The van der Waals surface area contributed by atoms with Gasteiger partial charge in [-0.05, 0) is 75.4 Å². The SMILES string of the molecule is C[C@H](Oc1ccc(-c2cnc3ccccc3n2)cc1)C(=O)NCCC1=CCCCC1. The molecule has 1 heterocycles. The zero-order valence-corrected chi connectivity index (χ0v) is 17.3. The van der Waals surface area contributed by atoms with Gasteiger partial charge in [-0.2, -0.15) is 0 Å². The van der Waals surface area contributed by atoms with Crippen molar-refractivity contribution in [3.05, 3.63) is 66.4 Å². The number of nitrogens with one attached hydrogen (secondary N) is 1. The van der Waals surface area contributed by atoms with Crippen molar-refractivity contribution in [1.82, 2.24) is 15.3 Å². The van der Waals surface area contributed by atoms with Crippen molar-refractivity contribution in [1.29, 1.82) is 0 Å². The van der Waals surface area contributed by atoms with Crippen LogP contribution < -0.4 is 10.1 Å². The molecule has 1 N–H and O–H groups in total. The lowest BCUT2D eigenvalue weighted by Gasteiger charge is -2.16. The summed E-state index contributed by atoms with van der Waals surface area (Å²) in [7, 11) is 0. The number of carbonyl (C=O) groups excluding carboxylic acids is 1. The summed E-state index contributed by atoms with van der Waals surface area (Å²) >= 11 is 0. The number of benzene rings is 2. The van der Waals surface area contributed by atoms with Crippen LogP contribution in [-0.2, 0) is 4.79 Å². The van der Waals surface area contributed by atoms with E-state index in [0.717, 1.165) is 35.1 Å². The molecule has 0 aliphatic heterocycles. The molecule has 1 aromatic heterocycles. The van der Waals surface area contributed by atoms with Crippen LogP contribution >= 0.6 is 0 Å². The quantitative estimate of drug-likeness (QED) is 0.561. The number of ether oxygens (including phenoxy) is 1. The van der Waals surface area contributed by atoms with E-state index in [9.17, 15) is 4.79 Å². The Balaban J connectivity index is 1.32. The first-order valence-corrected chi connectivity index (χ1v) is 10.6. The fourth-order valence-corrected chi connectivity index (χ4v) is 3.68. The summed E-state index contributed by atoms with van der Waals surface area (Å²) in [6.07, 6.45) is 9.36. The van der Waals surface area contributed by atoms with Gasteiger partial charge in [0.05, 0.1) is 22.9 Å². The Morgan fingerprint density at radius 3 is 2.67 bits per heavy atom. The van der Waals surface area contributed by atoms with E-state index < -0.39 is 6.10 Å². The Bertz CT molecular complexity index is 1040. The largest absolute Gasteiger partial charge is 0.481 e. The van der Waals surface area contributed by atoms with Crippen molar-refractivity contribution < 1.29 is 9.53 Å². The Morgan fingerprint density at radius 1 is 1.10 bits per heavy atom. The highest BCUT2D eigenvalue weighted by atomic mass is 16.5. The number of hydrogen-bond donors (Lipinski definition) is 1. The molecule has 0 bridgehead atoms. The van der Waals surface area contributed by atoms with Gasteiger partial charge < -0.3 is 10.1 Å². The lowest BCUT2D eigenvalue weighted by atomic mass is 9.97. The average molecular weight is 402 g/mol. The van der Waals surface area contributed by atoms with Gasteiger partial charge in [0.15, 0.2) is 6.10 Å². The molecular weight excluding hydrogens is 374 g/mol. The van der Waals surface area contributed by atoms with Crippen molar-refractivity contribution in [2.24, 2.45) is 0 Å². The number of aromatic nitrogens is 2. The van der Waals surface area contributed by atoms with Crippen LogP contribution in [0.1, 0.15) is 39.0 Å². The fraction of sp³-hybridized carbons (Fsp3) is 0.320. The van der Waals surface area contributed by atoms with E-state index in [4.69, 9.17) is 4.74 Å². The number of fused-ring (bicyclic) bond motifs is 1. The molecular formula is C25H27N3O2. The van der Waals surface area contributed by atoms with Gasteiger partial charge in [0.1, 0.15) is 5.75 Å². The van der Waals surface area contributed by atoms with Gasteiger partial charge in [-0.25, -0.2) is 4.98 Å². The number of carbonyl (C=O) groups is 1. The summed E-state index contributed by atoms with van der Waals surface area (Å²) in [5.41, 5.74) is 4.97. The van der Waals surface area contributed by atoms with Crippen molar-refractivity contribution >= 4 is 16.9 Å². The molecule has 5 heteroatoms. The molecule has 0 fully saturated rings. The summed E-state index contributed by atoms with van der Waals surface area (Å²) in [4.78, 5) is 21.5. The average Bonchev–Trinajstić information content (AvgIpc) is 2.80. The van der Waals surface area contributed by atoms with Crippen LogP contribution in [0.2, 0.25) is 0 Å². The van der Waals surface area contributed by atoms with Gasteiger partial charge >= 0.3 is 0 Å². The number of allylic oxidation sites excluding steroid dienone is 1. The lowest BCUT2D eigenvalue weighted by molar-refractivity contribution is -0.127. The van der Waals surface area contributed by atoms with Gasteiger partial charge in [-0.1, -0.05) is 23.8 Å². The predicted octanol–water partition coefficient (Wildman–Crippen LogP) is 5.07. The molecule has 0 saturated heterocycles. The van der Waals surface area contributed by atoms with Crippen molar-refractivity contribution in [2.75, 3.05) is 6.54 Å². The second-order valence-electron chi connectivity index (χ2n) is 7.68. The smallest absolute Gasteiger partial charge is 0.260 e. The van der Waals surface area contributed by atoms with E-state index in [0.29, 0.717) is 12.3 Å². The van der Waals surface area contributed by atoms with E-state index in [1.807, 2.05) is 48.5 Å². The Kier molecular flexibility index (Phi) is 6.38. The summed E-state index contributed by atoms with van der Waals surface area (Å²) < 4.78 is 5.82. The highest BCUT2D eigenvalue weighted by Gasteiger charge is 2.15. The molecule has 1 atom stereocenters. The van der Waals surface area contributed by atoms with E-state index in [-0.39, 0.29) is 5.91 Å². The molecule has 0 radical (unpaired) electrons. The minimum Gasteiger partial charge on any atom is -0.481 e. The molecule has 1 aliphatic carbocycles. The molecule has 0 spiro atoms. The van der Waals surface area contributed by atoms with Crippen LogP contribution in [0, 0.1) is 0 Å². The van der Waals surface area contributed by atoms with E-state index >= 15 is 0 Å². The Morgan fingerprint density at radius 2 is 1.90 bits per heavy atom. The summed E-state index contributed by atoms with van der Waals surface area (Å²) in [6.45, 7) is 2.44. The van der Waals surface area contributed by atoms with Crippen molar-refractivity contribution in [3.63, 3.8) is 0 Å². The number of para-hydroxylation sites is 2. The first-order chi connectivity index (χ1) is 14.7. The highest BCUT2D eigenvalue weighted by Crippen LogP contribution is 2.23.